The van der Waals surface area contributed by atoms with Gasteiger partial charge in [0.15, 0.2) is 0 Å². The lowest BCUT2D eigenvalue weighted by atomic mass is 9.89. The SMILES string of the molecule is CCN1CCc2c(OC)c(CNC)cc(OC)c2C1C. The average molecular weight is 278 g/mol. The third kappa shape index (κ3) is 2.50. The van der Waals surface area contributed by atoms with Crippen LogP contribution >= 0.6 is 0 Å². The number of hydrogen-bond donors (Lipinski definition) is 1. The van der Waals surface area contributed by atoms with Crippen molar-refractivity contribution in [1.82, 2.24) is 10.2 Å². The summed E-state index contributed by atoms with van der Waals surface area (Å²) in [6.45, 7) is 7.39. The van der Waals surface area contributed by atoms with Crippen LogP contribution < -0.4 is 14.8 Å². The van der Waals surface area contributed by atoms with Crippen molar-refractivity contribution in [2.45, 2.75) is 32.9 Å². The summed E-state index contributed by atoms with van der Waals surface area (Å²) in [6, 6.07) is 2.49. The minimum absolute atomic E-state index is 0.372. The van der Waals surface area contributed by atoms with Gasteiger partial charge in [0.25, 0.3) is 0 Å². The van der Waals surface area contributed by atoms with E-state index in [-0.39, 0.29) is 0 Å². The second-order valence-electron chi connectivity index (χ2n) is 5.25. The second-order valence-corrected chi connectivity index (χ2v) is 5.25. The molecular formula is C16H26N2O2. The van der Waals surface area contributed by atoms with Crippen LogP contribution in [0.3, 0.4) is 0 Å². The normalized spacial score (nSPS) is 18.8. The van der Waals surface area contributed by atoms with Gasteiger partial charge in [0.2, 0.25) is 0 Å². The number of methoxy groups -OCH3 is 2. The molecule has 0 aliphatic carbocycles. The topological polar surface area (TPSA) is 33.7 Å². The van der Waals surface area contributed by atoms with Crippen LogP contribution in [0.15, 0.2) is 6.07 Å². The number of likely N-dealkylation sites (N-methyl/N-ethyl adjacent to an activating group) is 1. The van der Waals surface area contributed by atoms with Crippen LogP contribution in [0.25, 0.3) is 0 Å². The lowest BCUT2D eigenvalue weighted by molar-refractivity contribution is 0.202. The zero-order valence-electron chi connectivity index (χ0n) is 13.2. The summed E-state index contributed by atoms with van der Waals surface area (Å²) in [5.74, 6) is 2.01. The van der Waals surface area contributed by atoms with E-state index in [4.69, 9.17) is 9.47 Å². The fraction of sp³-hybridized carbons (Fsp3) is 0.625. The lowest BCUT2D eigenvalue weighted by Gasteiger charge is -2.36. The fourth-order valence-corrected chi connectivity index (χ4v) is 3.28. The van der Waals surface area contributed by atoms with Gasteiger partial charge in [-0.05, 0) is 33.0 Å². The molecule has 1 aliphatic rings. The molecule has 4 heteroatoms. The van der Waals surface area contributed by atoms with Crippen molar-refractivity contribution < 1.29 is 9.47 Å². The standard InChI is InChI=1S/C16H26N2O2/c1-6-18-8-7-13-15(11(18)2)14(19-4)9-12(10-17-3)16(13)20-5/h9,11,17H,6-8,10H2,1-5H3. The molecule has 4 nitrogen and oxygen atoms in total. The van der Waals surface area contributed by atoms with Crippen LogP contribution in [0.4, 0.5) is 0 Å². The molecule has 0 spiro atoms. The van der Waals surface area contributed by atoms with Gasteiger partial charge in [0.05, 0.1) is 14.2 Å². The molecule has 112 valence electrons. The van der Waals surface area contributed by atoms with Gasteiger partial charge in [-0.2, -0.15) is 0 Å². The molecule has 1 N–H and O–H groups in total. The zero-order chi connectivity index (χ0) is 14.7. The molecule has 0 amide bonds. The summed E-state index contributed by atoms with van der Waals surface area (Å²) in [7, 11) is 5.47. The van der Waals surface area contributed by atoms with E-state index in [0.717, 1.165) is 37.6 Å². The molecule has 0 bridgehead atoms. The van der Waals surface area contributed by atoms with Crippen molar-refractivity contribution >= 4 is 0 Å². The van der Waals surface area contributed by atoms with Gasteiger partial charge >= 0.3 is 0 Å². The van der Waals surface area contributed by atoms with Gasteiger partial charge in [-0.1, -0.05) is 6.92 Å². The first-order chi connectivity index (χ1) is 9.67. The maximum atomic E-state index is 5.70. The molecular weight excluding hydrogens is 252 g/mol. The first-order valence-corrected chi connectivity index (χ1v) is 7.33. The summed E-state index contributed by atoms with van der Waals surface area (Å²) < 4.78 is 11.4. The average Bonchev–Trinajstić information content (AvgIpc) is 2.47. The van der Waals surface area contributed by atoms with Gasteiger partial charge in [0, 0.05) is 35.8 Å². The van der Waals surface area contributed by atoms with E-state index < -0.39 is 0 Å². The van der Waals surface area contributed by atoms with E-state index in [0.29, 0.717) is 6.04 Å². The number of benzene rings is 1. The Morgan fingerprint density at radius 2 is 2.10 bits per heavy atom. The summed E-state index contributed by atoms with van der Waals surface area (Å²) >= 11 is 0. The van der Waals surface area contributed by atoms with Crippen molar-refractivity contribution in [1.29, 1.82) is 0 Å². The first kappa shape index (κ1) is 15.1. The highest BCUT2D eigenvalue weighted by molar-refractivity contribution is 5.56. The molecule has 20 heavy (non-hydrogen) atoms. The van der Waals surface area contributed by atoms with E-state index in [1.54, 1.807) is 14.2 Å². The molecule has 1 aliphatic heterocycles. The Morgan fingerprint density at radius 3 is 2.65 bits per heavy atom. The zero-order valence-corrected chi connectivity index (χ0v) is 13.2. The molecule has 1 heterocycles. The van der Waals surface area contributed by atoms with Crippen LogP contribution in [0.2, 0.25) is 0 Å². The molecule has 2 rings (SSSR count). The molecule has 0 saturated heterocycles. The Kier molecular flexibility index (Phi) is 4.89. The Balaban J connectivity index is 2.58. The number of nitrogens with zero attached hydrogens (tertiary/aromatic N) is 1. The first-order valence-electron chi connectivity index (χ1n) is 7.33. The number of rotatable bonds is 5. The molecule has 1 unspecified atom stereocenters. The predicted octanol–water partition coefficient (Wildman–Crippen LogP) is 2.36. The smallest absolute Gasteiger partial charge is 0.127 e. The van der Waals surface area contributed by atoms with Gasteiger partial charge in [-0.25, -0.2) is 0 Å². The van der Waals surface area contributed by atoms with Crippen molar-refractivity contribution in [2.24, 2.45) is 0 Å². The van der Waals surface area contributed by atoms with Gasteiger partial charge in [-0.3, -0.25) is 4.90 Å². The van der Waals surface area contributed by atoms with Crippen LogP contribution in [0, 0.1) is 0 Å². The molecule has 1 aromatic rings. The third-order valence-electron chi connectivity index (χ3n) is 4.27. The highest BCUT2D eigenvalue weighted by Crippen LogP contribution is 2.42. The van der Waals surface area contributed by atoms with Gasteiger partial charge in [-0.15, -0.1) is 0 Å². The van der Waals surface area contributed by atoms with Crippen molar-refractivity contribution in [2.75, 3.05) is 34.4 Å². The van der Waals surface area contributed by atoms with Crippen molar-refractivity contribution in [3.63, 3.8) is 0 Å². The summed E-state index contributed by atoms with van der Waals surface area (Å²) in [6.07, 6.45) is 1.02. The Bertz CT molecular complexity index is 474. The lowest BCUT2D eigenvalue weighted by Crippen LogP contribution is -2.34. The van der Waals surface area contributed by atoms with E-state index in [1.165, 1.54) is 16.7 Å². The molecule has 1 aromatic carbocycles. The maximum absolute atomic E-state index is 5.70. The van der Waals surface area contributed by atoms with Crippen molar-refractivity contribution in [3.8, 4) is 11.5 Å². The predicted molar refractivity (Wildman–Crippen MR) is 81.7 cm³/mol. The fourth-order valence-electron chi connectivity index (χ4n) is 3.28. The Hall–Kier alpha value is -1.26. The summed E-state index contributed by atoms with van der Waals surface area (Å²) in [5, 5.41) is 3.20. The minimum atomic E-state index is 0.372. The number of ether oxygens (including phenoxy) is 2. The number of fused-ring (bicyclic) bond motifs is 1. The van der Waals surface area contributed by atoms with Gasteiger partial charge in [0.1, 0.15) is 11.5 Å². The summed E-state index contributed by atoms with van der Waals surface area (Å²) in [4.78, 5) is 2.47. The quantitative estimate of drug-likeness (QED) is 0.896. The van der Waals surface area contributed by atoms with Crippen molar-refractivity contribution in [3.05, 3.63) is 22.8 Å². The maximum Gasteiger partial charge on any atom is 0.127 e. The Labute approximate surface area is 122 Å². The second kappa shape index (κ2) is 6.46. The number of hydrogen-bond acceptors (Lipinski definition) is 4. The van der Waals surface area contributed by atoms with Crippen LogP contribution in [-0.4, -0.2) is 39.3 Å². The monoisotopic (exact) mass is 278 g/mol. The highest BCUT2D eigenvalue weighted by Gasteiger charge is 2.29. The van der Waals surface area contributed by atoms with E-state index >= 15 is 0 Å². The highest BCUT2D eigenvalue weighted by atomic mass is 16.5. The molecule has 1 atom stereocenters. The molecule has 0 saturated carbocycles. The van der Waals surface area contributed by atoms with E-state index in [2.05, 4.69) is 30.1 Å². The van der Waals surface area contributed by atoms with Crippen LogP contribution in [-0.2, 0) is 13.0 Å². The van der Waals surface area contributed by atoms with Crippen LogP contribution in [0.5, 0.6) is 11.5 Å². The summed E-state index contributed by atoms with van der Waals surface area (Å²) in [5.41, 5.74) is 3.77. The van der Waals surface area contributed by atoms with Crippen LogP contribution in [0.1, 0.15) is 36.6 Å². The Morgan fingerprint density at radius 1 is 1.35 bits per heavy atom. The minimum Gasteiger partial charge on any atom is -0.496 e. The largest absolute Gasteiger partial charge is 0.496 e. The molecule has 0 fully saturated rings. The van der Waals surface area contributed by atoms with E-state index in [9.17, 15) is 0 Å². The third-order valence-corrected chi connectivity index (χ3v) is 4.27. The van der Waals surface area contributed by atoms with E-state index in [1.807, 2.05) is 7.05 Å². The number of nitrogens with one attached hydrogen (secondary N) is 1. The molecule has 0 aromatic heterocycles. The molecule has 0 radical (unpaired) electrons. The van der Waals surface area contributed by atoms with Gasteiger partial charge < -0.3 is 14.8 Å².